The summed E-state index contributed by atoms with van der Waals surface area (Å²) in [7, 11) is 0. The van der Waals surface area contributed by atoms with Gasteiger partial charge < -0.3 is 20.5 Å². The molecular formula is C13H15F3N2O2. The van der Waals surface area contributed by atoms with Crippen molar-refractivity contribution in [3.05, 3.63) is 17.2 Å². The monoisotopic (exact) mass is 288 g/mol. The van der Waals surface area contributed by atoms with Gasteiger partial charge in [0.05, 0.1) is 29.1 Å². The zero-order valence-electron chi connectivity index (χ0n) is 11.1. The number of nitrogens with one attached hydrogen (secondary N) is 2. The molecule has 0 radical (unpaired) electrons. The van der Waals surface area contributed by atoms with Crippen LogP contribution in [0.3, 0.4) is 0 Å². The Labute approximate surface area is 113 Å². The minimum absolute atomic E-state index is 0.103. The molecule has 110 valence electrons. The molecule has 3 rings (SSSR count). The summed E-state index contributed by atoms with van der Waals surface area (Å²) < 4.78 is 44.7. The van der Waals surface area contributed by atoms with E-state index in [9.17, 15) is 18.3 Å². The molecule has 1 aromatic carbocycles. The zero-order chi connectivity index (χ0) is 14.7. The zero-order valence-corrected chi connectivity index (χ0v) is 11.1. The number of ether oxygens (including phenoxy) is 1. The summed E-state index contributed by atoms with van der Waals surface area (Å²) in [4.78, 5) is 0. The van der Waals surface area contributed by atoms with Crippen molar-refractivity contribution >= 4 is 11.4 Å². The third kappa shape index (κ3) is 1.88. The van der Waals surface area contributed by atoms with Crippen molar-refractivity contribution in [3.63, 3.8) is 0 Å². The molecule has 2 aliphatic heterocycles. The summed E-state index contributed by atoms with van der Waals surface area (Å²) in [5.74, 6) is 0.262. The Kier molecular flexibility index (Phi) is 2.63. The molecule has 2 heterocycles. The van der Waals surface area contributed by atoms with E-state index in [4.69, 9.17) is 4.74 Å². The molecule has 4 nitrogen and oxygen atoms in total. The van der Waals surface area contributed by atoms with E-state index in [1.54, 1.807) is 13.8 Å². The Morgan fingerprint density at radius 3 is 2.70 bits per heavy atom. The standard InChI is InChI=1S/C13H15F3N2O2/c1-12(2)11(19)17-10-7(13(14,15)16)5-8-6(3-4-20-8)9(10)18-12/h5,11,17-19H,3-4H2,1-2H3. The SMILES string of the molecule is CC1(C)Nc2c3c(cc(C(F)(F)F)c2NC1O)OCC3. The summed E-state index contributed by atoms with van der Waals surface area (Å²) in [5.41, 5.74) is -0.597. The van der Waals surface area contributed by atoms with Gasteiger partial charge in [-0.2, -0.15) is 13.2 Å². The number of aliphatic hydroxyl groups is 1. The first kappa shape index (κ1) is 13.4. The molecule has 0 bridgehead atoms. The molecule has 0 amide bonds. The largest absolute Gasteiger partial charge is 0.493 e. The molecule has 1 aromatic rings. The van der Waals surface area contributed by atoms with Crippen molar-refractivity contribution < 1.29 is 23.0 Å². The van der Waals surface area contributed by atoms with E-state index in [0.717, 1.165) is 11.6 Å². The summed E-state index contributed by atoms with van der Waals surface area (Å²) in [6.07, 6.45) is -5.08. The van der Waals surface area contributed by atoms with Gasteiger partial charge >= 0.3 is 6.18 Å². The lowest BCUT2D eigenvalue weighted by atomic mass is 9.93. The number of anilines is 2. The minimum Gasteiger partial charge on any atom is -0.493 e. The summed E-state index contributed by atoms with van der Waals surface area (Å²) in [6, 6.07) is 1.00. The van der Waals surface area contributed by atoms with Crippen molar-refractivity contribution in [1.29, 1.82) is 0 Å². The minimum atomic E-state index is -4.51. The van der Waals surface area contributed by atoms with Crippen LogP contribution in [0.15, 0.2) is 6.07 Å². The van der Waals surface area contributed by atoms with Gasteiger partial charge in [-0.1, -0.05) is 0 Å². The third-order valence-corrected chi connectivity index (χ3v) is 3.72. The quantitative estimate of drug-likeness (QED) is 0.687. The molecule has 7 heteroatoms. The highest BCUT2D eigenvalue weighted by Gasteiger charge is 2.43. The highest BCUT2D eigenvalue weighted by atomic mass is 19.4. The second-order valence-electron chi connectivity index (χ2n) is 5.64. The number of hydrogen-bond donors (Lipinski definition) is 3. The maximum Gasteiger partial charge on any atom is 0.418 e. The molecule has 0 fully saturated rings. The molecule has 0 saturated carbocycles. The number of aliphatic hydroxyl groups excluding tert-OH is 1. The fourth-order valence-corrected chi connectivity index (χ4v) is 2.56. The van der Waals surface area contributed by atoms with Gasteiger partial charge in [0, 0.05) is 12.0 Å². The van der Waals surface area contributed by atoms with Crippen LogP contribution in [0.1, 0.15) is 25.0 Å². The Balaban J connectivity index is 2.23. The first-order valence-corrected chi connectivity index (χ1v) is 6.33. The maximum absolute atomic E-state index is 13.2. The summed E-state index contributed by atoms with van der Waals surface area (Å²) in [6.45, 7) is 3.81. The van der Waals surface area contributed by atoms with Crippen LogP contribution in [0.5, 0.6) is 5.75 Å². The highest BCUT2D eigenvalue weighted by molar-refractivity contribution is 5.82. The fourth-order valence-electron chi connectivity index (χ4n) is 2.56. The van der Waals surface area contributed by atoms with Gasteiger partial charge in [0.1, 0.15) is 12.0 Å². The summed E-state index contributed by atoms with van der Waals surface area (Å²) >= 11 is 0. The predicted molar refractivity (Wildman–Crippen MR) is 68.0 cm³/mol. The average Bonchev–Trinajstić information content (AvgIpc) is 2.76. The number of hydrogen-bond acceptors (Lipinski definition) is 4. The van der Waals surface area contributed by atoms with Crippen LogP contribution >= 0.6 is 0 Å². The maximum atomic E-state index is 13.2. The first-order chi connectivity index (χ1) is 9.20. The lowest BCUT2D eigenvalue weighted by Gasteiger charge is -2.41. The third-order valence-electron chi connectivity index (χ3n) is 3.72. The van der Waals surface area contributed by atoms with Gasteiger partial charge in [-0.25, -0.2) is 0 Å². The average molecular weight is 288 g/mol. The van der Waals surface area contributed by atoms with Crippen LogP contribution in [0.25, 0.3) is 0 Å². The van der Waals surface area contributed by atoms with Crippen LogP contribution in [0.4, 0.5) is 24.5 Å². The second kappa shape index (κ2) is 3.94. The van der Waals surface area contributed by atoms with Crippen LogP contribution in [-0.2, 0) is 12.6 Å². The molecule has 0 aliphatic carbocycles. The topological polar surface area (TPSA) is 53.5 Å². The lowest BCUT2D eigenvalue weighted by Crippen LogP contribution is -2.51. The fraction of sp³-hybridized carbons (Fsp3) is 0.538. The van der Waals surface area contributed by atoms with Crippen molar-refractivity contribution in [3.8, 4) is 5.75 Å². The Hall–Kier alpha value is -1.63. The van der Waals surface area contributed by atoms with Gasteiger partial charge in [-0.15, -0.1) is 0 Å². The predicted octanol–water partition coefficient (Wildman–Crippen LogP) is 2.57. The van der Waals surface area contributed by atoms with Crippen LogP contribution < -0.4 is 15.4 Å². The number of halogens is 3. The van der Waals surface area contributed by atoms with Gasteiger partial charge in [-0.05, 0) is 19.9 Å². The number of benzene rings is 1. The van der Waals surface area contributed by atoms with Crippen molar-refractivity contribution in [1.82, 2.24) is 0 Å². The number of alkyl halides is 3. The lowest BCUT2D eigenvalue weighted by molar-refractivity contribution is -0.137. The van der Waals surface area contributed by atoms with E-state index >= 15 is 0 Å². The smallest absolute Gasteiger partial charge is 0.418 e. The van der Waals surface area contributed by atoms with Crippen LogP contribution in [-0.4, -0.2) is 23.5 Å². The summed E-state index contributed by atoms with van der Waals surface area (Å²) in [5, 5.41) is 15.5. The van der Waals surface area contributed by atoms with Gasteiger partial charge in [0.2, 0.25) is 0 Å². The van der Waals surface area contributed by atoms with Gasteiger partial charge in [0.15, 0.2) is 0 Å². The van der Waals surface area contributed by atoms with E-state index in [2.05, 4.69) is 10.6 Å². The number of fused-ring (bicyclic) bond motifs is 3. The van der Waals surface area contributed by atoms with Crippen molar-refractivity contribution in [2.75, 3.05) is 17.2 Å². The molecule has 0 aromatic heterocycles. The van der Waals surface area contributed by atoms with Crippen molar-refractivity contribution in [2.45, 2.75) is 38.2 Å². The molecule has 20 heavy (non-hydrogen) atoms. The molecule has 3 N–H and O–H groups in total. The molecule has 1 unspecified atom stereocenters. The van der Waals surface area contributed by atoms with E-state index in [-0.39, 0.29) is 11.4 Å². The second-order valence-corrected chi connectivity index (χ2v) is 5.64. The first-order valence-electron chi connectivity index (χ1n) is 6.33. The normalized spacial score (nSPS) is 23.2. The molecule has 1 atom stereocenters. The highest BCUT2D eigenvalue weighted by Crippen LogP contribution is 2.49. The Morgan fingerprint density at radius 2 is 2.05 bits per heavy atom. The van der Waals surface area contributed by atoms with Crippen molar-refractivity contribution in [2.24, 2.45) is 0 Å². The van der Waals surface area contributed by atoms with Crippen LogP contribution in [0.2, 0.25) is 0 Å². The van der Waals surface area contributed by atoms with Crippen LogP contribution in [0, 0.1) is 0 Å². The Bertz CT molecular complexity index is 570. The molecular weight excluding hydrogens is 273 g/mol. The van der Waals surface area contributed by atoms with E-state index in [0.29, 0.717) is 18.7 Å². The molecule has 0 saturated heterocycles. The molecule has 0 spiro atoms. The van der Waals surface area contributed by atoms with Gasteiger partial charge in [-0.3, -0.25) is 0 Å². The van der Waals surface area contributed by atoms with E-state index in [1.807, 2.05) is 0 Å². The molecule has 2 aliphatic rings. The van der Waals surface area contributed by atoms with E-state index < -0.39 is 23.5 Å². The van der Waals surface area contributed by atoms with E-state index in [1.165, 1.54) is 0 Å². The van der Waals surface area contributed by atoms with Gasteiger partial charge in [0.25, 0.3) is 0 Å². The Morgan fingerprint density at radius 1 is 1.35 bits per heavy atom. The number of rotatable bonds is 0.